The predicted molar refractivity (Wildman–Crippen MR) is 82.6 cm³/mol. The molecule has 0 saturated carbocycles. The molecular formula is C17H18N2O2. The minimum atomic E-state index is -0.325. The van der Waals surface area contributed by atoms with Gasteiger partial charge in [0, 0.05) is 23.5 Å². The number of hydrogen-bond acceptors (Lipinski definition) is 2. The monoisotopic (exact) mass is 282 g/mol. The number of hydrogen-bond donors (Lipinski definition) is 2. The SMILES string of the molecule is C=C(c1c(CC)ccc2[nH]ccc12)C1CCC(=O)NC1=O. The van der Waals surface area contributed by atoms with Crippen LogP contribution in [0.1, 0.15) is 30.9 Å². The lowest BCUT2D eigenvalue weighted by Gasteiger charge is -2.24. The summed E-state index contributed by atoms with van der Waals surface area (Å²) < 4.78 is 0. The van der Waals surface area contributed by atoms with Crippen molar-refractivity contribution in [3.8, 4) is 0 Å². The number of aromatic nitrogens is 1. The highest BCUT2D eigenvalue weighted by Crippen LogP contribution is 2.35. The summed E-state index contributed by atoms with van der Waals surface area (Å²) in [7, 11) is 0. The zero-order chi connectivity index (χ0) is 15.0. The molecule has 1 saturated heterocycles. The Morgan fingerprint density at radius 2 is 2.14 bits per heavy atom. The van der Waals surface area contributed by atoms with Gasteiger partial charge >= 0.3 is 0 Å². The molecule has 1 aromatic heterocycles. The van der Waals surface area contributed by atoms with E-state index in [1.54, 1.807) is 0 Å². The van der Waals surface area contributed by atoms with Gasteiger partial charge in [0.1, 0.15) is 0 Å². The maximum atomic E-state index is 12.1. The van der Waals surface area contributed by atoms with Gasteiger partial charge in [-0.3, -0.25) is 14.9 Å². The van der Waals surface area contributed by atoms with E-state index in [1.807, 2.05) is 12.3 Å². The average molecular weight is 282 g/mol. The summed E-state index contributed by atoms with van der Waals surface area (Å²) in [6.07, 6.45) is 3.68. The standard InChI is InChI=1S/C17H18N2O2/c1-3-11-4-6-14-13(8-9-18-14)16(11)10(2)12-5-7-15(20)19-17(12)21/h4,6,8-9,12,18H,2-3,5,7H2,1H3,(H,19,20,21). The summed E-state index contributed by atoms with van der Waals surface area (Å²) >= 11 is 0. The third-order valence-electron chi connectivity index (χ3n) is 4.18. The van der Waals surface area contributed by atoms with Gasteiger partial charge in [-0.15, -0.1) is 0 Å². The summed E-state index contributed by atoms with van der Waals surface area (Å²) in [4.78, 5) is 26.6. The molecule has 21 heavy (non-hydrogen) atoms. The van der Waals surface area contributed by atoms with E-state index in [2.05, 4.69) is 35.9 Å². The summed E-state index contributed by atoms with van der Waals surface area (Å²) in [6.45, 7) is 6.27. The highest BCUT2D eigenvalue weighted by atomic mass is 16.2. The Hall–Kier alpha value is -2.36. The molecule has 2 amide bonds. The second-order valence-corrected chi connectivity index (χ2v) is 5.42. The van der Waals surface area contributed by atoms with E-state index in [0.29, 0.717) is 12.8 Å². The van der Waals surface area contributed by atoms with Crippen LogP contribution in [0.4, 0.5) is 0 Å². The number of benzene rings is 1. The Bertz CT molecular complexity index is 742. The van der Waals surface area contributed by atoms with Crippen LogP contribution in [0.2, 0.25) is 0 Å². The van der Waals surface area contributed by atoms with E-state index in [1.165, 1.54) is 5.56 Å². The van der Waals surface area contributed by atoms with Crippen LogP contribution in [-0.4, -0.2) is 16.8 Å². The topological polar surface area (TPSA) is 62.0 Å². The molecule has 108 valence electrons. The predicted octanol–water partition coefficient (Wildman–Crippen LogP) is 2.80. The normalized spacial score (nSPS) is 18.8. The van der Waals surface area contributed by atoms with Crippen LogP contribution < -0.4 is 5.32 Å². The Morgan fingerprint density at radius 1 is 1.33 bits per heavy atom. The lowest BCUT2D eigenvalue weighted by Crippen LogP contribution is -2.41. The number of aryl methyl sites for hydroxylation is 1. The molecule has 2 N–H and O–H groups in total. The number of carbonyl (C=O) groups excluding carboxylic acids is 2. The second kappa shape index (κ2) is 5.20. The van der Waals surface area contributed by atoms with Gasteiger partial charge < -0.3 is 4.98 Å². The van der Waals surface area contributed by atoms with E-state index in [9.17, 15) is 9.59 Å². The van der Waals surface area contributed by atoms with Crippen molar-refractivity contribution >= 4 is 28.3 Å². The minimum Gasteiger partial charge on any atom is -0.361 e. The van der Waals surface area contributed by atoms with Gasteiger partial charge in [0.05, 0.1) is 5.92 Å². The van der Waals surface area contributed by atoms with E-state index in [-0.39, 0.29) is 17.7 Å². The largest absolute Gasteiger partial charge is 0.361 e. The first-order valence-electron chi connectivity index (χ1n) is 7.23. The number of amides is 2. The van der Waals surface area contributed by atoms with Gasteiger partial charge in [-0.05, 0) is 41.7 Å². The van der Waals surface area contributed by atoms with Crippen molar-refractivity contribution < 1.29 is 9.59 Å². The van der Waals surface area contributed by atoms with Crippen molar-refractivity contribution in [1.29, 1.82) is 0 Å². The molecule has 3 rings (SSSR count). The van der Waals surface area contributed by atoms with Gasteiger partial charge in [0.15, 0.2) is 0 Å². The van der Waals surface area contributed by atoms with Crippen molar-refractivity contribution in [2.24, 2.45) is 5.92 Å². The fourth-order valence-electron chi connectivity index (χ4n) is 3.05. The minimum absolute atomic E-state index is 0.195. The lowest BCUT2D eigenvalue weighted by atomic mass is 9.83. The van der Waals surface area contributed by atoms with Gasteiger partial charge in [0.2, 0.25) is 11.8 Å². The van der Waals surface area contributed by atoms with Crippen LogP contribution in [0.5, 0.6) is 0 Å². The molecule has 2 aromatic rings. The van der Waals surface area contributed by atoms with Crippen molar-refractivity contribution in [2.75, 3.05) is 0 Å². The van der Waals surface area contributed by atoms with Crippen LogP contribution in [0.15, 0.2) is 31.0 Å². The molecule has 4 nitrogen and oxygen atoms in total. The van der Waals surface area contributed by atoms with E-state index in [0.717, 1.165) is 28.5 Å². The van der Waals surface area contributed by atoms with E-state index in [4.69, 9.17) is 0 Å². The molecule has 1 fully saturated rings. The highest BCUT2D eigenvalue weighted by Gasteiger charge is 2.30. The number of carbonyl (C=O) groups is 2. The molecular weight excluding hydrogens is 264 g/mol. The smallest absolute Gasteiger partial charge is 0.234 e. The van der Waals surface area contributed by atoms with Crippen LogP contribution in [0.25, 0.3) is 16.5 Å². The molecule has 0 spiro atoms. The number of nitrogens with one attached hydrogen (secondary N) is 2. The maximum Gasteiger partial charge on any atom is 0.234 e. The molecule has 0 bridgehead atoms. The Labute approximate surface area is 123 Å². The van der Waals surface area contributed by atoms with Crippen LogP contribution >= 0.6 is 0 Å². The molecule has 1 aliphatic heterocycles. The Morgan fingerprint density at radius 3 is 2.86 bits per heavy atom. The number of fused-ring (bicyclic) bond motifs is 1. The molecule has 1 atom stereocenters. The zero-order valence-corrected chi connectivity index (χ0v) is 12.0. The van der Waals surface area contributed by atoms with Crippen LogP contribution in [0.3, 0.4) is 0 Å². The molecule has 0 radical (unpaired) electrons. The summed E-state index contributed by atoms with van der Waals surface area (Å²) in [5, 5.41) is 3.50. The van der Waals surface area contributed by atoms with Crippen molar-refractivity contribution in [3.63, 3.8) is 0 Å². The van der Waals surface area contributed by atoms with Crippen LogP contribution in [0, 0.1) is 5.92 Å². The van der Waals surface area contributed by atoms with Crippen LogP contribution in [-0.2, 0) is 16.0 Å². The molecule has 1 unspecified atom stereocenters. The first-order valence-corrected chi connectivity index (χ1v) is 7.23. The van der Waals surface area contributed by atoms with Gasteiger partial charge in [-0.1, -0.05) is 19.6 Å². The summed E-state index contributed by atoms with van der Waals surface area (Å²) in [5.41, 5.74) is 4.07. The number of aromatic amines is 1. The van der Waals surface area contributed by atoms with Gasteiger partial charge in [-0.25, -0.2) is 0 Å². The molecule has 0 aliphatic carbocycles. The maximum absolute atomic E-state index is 12.1. The fraction of sp³-hybridized carbons (Fsp3) is 0.294. The molecule has 2 heterocycles. The van der Waals surface area contributed by atoms with Crippen molar-refractivity contribution in [2.45, 2.75) is 26.2 Å². The average Bonchev–Trinajstić information content (AvgIpc) is 2.93. The third kappa shape index (κ3) is 2.27. The van der Waals surface area contributed by atoms with E-state index < -0.39 is 0 Å². The summed E-state index contributed by atoms with van der Waals surface area (Å²) in [5.74, 6) is -0.751. The van der Waals surface area contributed by atoms with Gasteiger partial charge in [-0.2, -0.15) is 0 Å². The molecule has 4 heteroatoms. The second-order valence-electron chi connectivity index (χ2n) is 5.42. The van der Waals surface area contributed by atoms with Gasteiger partial charge in [0.25, 0.3) is 0 Å². The third-order valence-corrected chi connectivity index (χ3v) is 4.18. The molecule has 1 aliphatic rings. The van der Waals surface area contributed by atoms with Crippen molar-refractivity contribution in [1.82, 2.24) is 10.3 Å². The lowest BCUT2D eigenvalue weighted by molar-refractivity contribution is -0.134. The quantitative estimate of drug-likeness (QED) is 0.850. The first kappa shape index (κ1) is 13.6. The number of piperidine rings is 1. The zero-order valence-electron chi connectivity index (χ0n) is 12.0. The fourth-order valence-corrected chi connectivity index (χ4v) is 3.05. The highest BCUT2D eigenvalue weighted by molar-refractivity contribution is 6.06. The number of H-pyrrole nitrogens is 1. The van der Waals surface area contributed by atoms with Crippen molar-refractivity contribution in [3.05, 3.63) is 42.1 Å². The number of imide groups is 1. The number of rotatable bonds is 3. The van der Waals surface area contributed by atoms with E-state index >= 15 is 0 Å². The first-order chi connectivity index (χ1) is 10.1. The molecule has 1 aromatic carbocycles. The Kier molecular flexibility index (Phi) is 3.37. The Balaban J connectivity index is 2.06. The summed E-state index contributed by atoms with van der Waals surface area (Å²) in [6, 6.07) is 6.14.